The van der Waals surface area contributed by atoms with E-state index in [1.54, 1.807) is 6.07 Å². The van der Waals surface area contributed by atoms with E-state index in [4.69, 9.17) is 0 Å². The molecule has 5 heteroatoms. The summed E-state index contributed by atoms with van der Waals surface area (Å²) in [5, 5.41) is 12.9. The quantitative estimate of drug-likeness (QED) is 0.653. The van der Waals surface area contributed by atoms with Gasteiger partial charge in [-0.3, -0.25) is 9.89 Å². The second-order valence-electron chi connectivity index (χ2n) is 6.82. The number of rotatable bonds is 5. The molecule has 1 aliphatic heterocycles. The van der Waals surface area contributed by atoms with Gasteiger partial charge in [0.1, 0.15) is 0 Å². The number of benzene rings is 2. The first-order valence-corrected chi connectivity index (χ1v) is 9.09. The molecular weight excluding hydrogens is 336 g/mol. The number of hydrogen-bond acceptors (Lipinski definition) is 3. The van der Waals surface area contributed by atoms with E-state index < -0.39 is 0 Å². The normalized spacial score (nSPS) is 13.4. The fourth-order valence-electron chi connectivity index (χ4n) is 3.20. The number of anilines is 1. The van der Waals surface area contributed by atoms with Crippen LogP contribution in [-0.2, 0) is 6.42 Å². The van der Waals surface area contributed by atoms with Crippen LogP contribution in [0.4, 0.5) is 5.69 Å². The summed E-state index contributed by atoms with van der Waals surface area (Å²) in [5.41, 5.74) is 7.16. The largest absolute Gasteiger partial charge is 0.321 e. The third-order valence-corrected chi connectivity index (χ3v) is 4.69. The van der Waals surface area contributed by atoms with Gasteiger partial charge in [0.25, 0.3) is 5.91 Å². The van der Waals surface area contributed by atoms with Crippen LogP contribution in [0.5, 0.6) is 0 Å². The zero-order valence-corrected chi connectivity index (χ0v) is 15.3. The van der Waals surface area contributed by atoms with E-state index in [1.165, 1.54) is 22.3 Å². The van der Waals surface area contributed by atoms with Crippen LogP contribution in [0.1, 0.15) is 32.9 Å². The van der Waals surface area contributed by atoms with Crippen LogP contribution in [0.2, 0.25) is 0 Å². The maximum absolute atomic E-state index is 12.1. The van der Waals surface area contributed by atoms with Crippen molar-refractivity contribution in [2.45, 2.75) is 13.3 Å². The molecule has 27 heavy (non-hydrogen) atoms. The Morgan fingerprint density at radius 2 is 1.78 bits per heavy atom. The fraction of sp³-hybridized carbons (Fsp3) is 0.182. The number of carbonyl (C=O) groups excluding carboxylic acids is 1. The number of nitrogens with zero attached hydrogens (tertiary/aromatic N) is 1. The first kappa shape index (κ1) is 17.2. The number of aromatic amines is 1. The van der Waals surface area contributed by atoms with Crippen LogP contribution in [0, 0.1) is 6.92 Å². The second-order valence-corrected chi connectivity index (χ2v) is 6.82. The molecule has 2 aromatic carbocycles. The van der Waals surface area contributed by atoms with Crippen molar-refractivity contribution >= 4 is 17.2 Å². The van der Waals surface area contributed by atoms with Crippen LogP contribution >= 0.6 is 0 Å². The monoisotopic (exact) mass is 358 g/mol. The highest BCUT2D eigenvalue weighted by molar-refractivity contribution is 6.02. The summed E-state index contributed by atoms with van der Waals surface area (Å²) in [5.74, 6) is -0.210. The lowest BCUT2D eigenvalue weighted by atomic mass is 10.0. The molecule has 0 fully saturated rings. The third-order valence-electron chi connectivity index (χ3n) is 4.69. The summed E-state index contributed by atoms with van der Waals surface area (Å²) in [6, 6.07) is 18.4. The molecule has 4 rings (SSSR count). The molecule has 136 valence electrons. The van der Waals surface area contributed by atoms with Gasteiger partial charge in [-0.2, -0.15) is 5.10 Å². The van der Waals surface area contributed by atoms with Crippen molar-refractivity contribution in [3.63, 3.8) is 0 Å². The van der Waals surface area contributed by atoms with E-state index in [1.807, 2.05) is 31.2 Å². The summed E-state index contributed by atoms with van der Waals surface area (Å²) in [6.07, 6.45) is 3.11. The highest BCUT2D eigenvalue weighted by atomic mass is 16.1. The Balaban J connectivity index is 1.38. The molecular formula is C22H22N4O. The molecule has 3 aromatic rings. The fourth-order valence-corrected chi connectivity index (χ4v) is 3.20. The van der Waals surface area contributed by atoms with E-state index >= 15 is 0 Å². The molecule has 0 bridgehead atoms. The number of amides is 1. The van der Waals surface area contributed by atoms with Gasteiger partial charge in [0.15, 0.2) is 5.69 Å². The zero-order chi connectivity index (χ0) is 18.6. The summed E-state index contributed by atoms with van der Waals surface area (Å²) in [7, 11) is 0. The maximum atomic E-state index is 12.1. The van der Waals surface area contributed by atoms with Gasteiger partial charge in [0.05, 0.1) is 0 Å². The average Bonchev–Trinajstić information content (AvgIpc) is 3.36. The minimum Gasteiger partial charge on any atom is -0.321 e. The van der Waals surface area contributed by atoms with Gasteiger partial charge in [0, 0.05) is 24.5 Å². The van der Waals surface area contributed by atoms with Crippen LogP contribution in [0.15, 0.2) is 60.7 Å². The molecule has 0 spiro atoms. The summed E-state index contributed by atoms with van der Waals surface area (Å²) in [4.78, 5) is 12.1. The van der Waals surface area contributed by atoms with E-state index in [2.05, 4.69) is 51.2 Å². The van der Waals surface area contributed by atoms with Gasteiger partial charge < -0.3 is 10.6 Å². The lowest BCUT2D eigenvalue weighted by molar-refractivity contribution is 0.102. The van der Waals surface area contributed by atoms with E-state index in [0.717, 1.165) is 30.9 Å². The third kappa shape index (κ3) is 4.15. The van der Waals surface area contributed by atoms with Crippen molar-refractivity contribution in [1.82, 2.24) is 15.5 Å². The number of aryl methyl sites for hydroxylation is 1. The molecule has 0 aliphatic carbocycles. The van der Waals surface area contributed by atoms with Crippen molar-refractivity contribution in [3.05, 3.63) is 88.8 Å². The van der Waals surface area contributed by atoms with Gasteiger partial charge in [0.2, 0.25) is 0 Å². The van der Waals surface area contributed by atoms with Crippen LogP contribution in [0.25, 0.3) is 5.57 Å². The molecule has 0 saturated carbocycles. The predicted molar refractivity (Wildman–Crippen MR) is 108 cm³/mol. The number of aromatic nitrogens is 2. The molecule has 5 nitrogen and oxygen atoms in total. The molecule has 3 N–H and O–H groups in total. The maximum Gasteiger partial charge on any atom is 0.276 e. The Hall–Kier alpha value is -3.18. The minimum absolute atomic E-state index is 0.210. The number of H-pyrrole nitrogens is 1. The van der Waals surface area contributed by atoms with Crippen LogP contribution < -0.4 is 10.6 Å². The van der Waals surface area contributed by atoms with Crippen molar-refractivity contribution in [2.75, 3.05) is 18.4 Å². The first-order chi connectivity index (χ1) is 13.2. The molecule has 0 atom stereocenters. The standard InChI is InChI=1S/C22H22N4O/c1-15-12-21(26-25-15)22(27)24-20-8-4-17(5-9-20)13-16-2-6-18(7-3-16)19-10-11-23-14-19/h2-10,12,23H,11,13-14H2,1H3,(H,24,27)(H,25,26). The number of hydrogen-bond donors (Lipinski definition) is 3. The van der Waals surface area contributed by atoms with Crippen molar-refractivity contribution in [3.8, 4) is 0 Å². The highest BCUT2D eigenvalue weighted by Gasteiger charge is 2.10. The number of carbonyl (C=O) groups is 1. The Labute approximate surface area is 158 Å². The van der Waals surface area contributed by atoms with Gasteiger partial charge in [-0.25, -0.2) is 0 Å². The summed E-state index contributed by atoms with van der Waals surface area (Å²) in [6.45, 7) is 3.77. The topological polar surface area (TPSA) is 69.8 Å². The summed E-state index contributed by atoms with van der Waals surface area (Å²) >= 11 is 0. The highest BCUT2D eigenvalue weighted by Crippen LogP contribution is 2.19. The van der Waals surface area contributed by atoms with E-state index in [9.17, 15) is 4.79 Å². The van der Waals surface area contributed by atoms with Crippen LogP contribution in [-0.4, -0.2) is 29.2 Å². The number of nitrogens with one attached hydrogen (secondary N) is 3. The first-order valence-electron chi connectivity index (χ1n) is 9.09. The molecule has 0 saturated heterocycles. The predicted octanol–water partition coefficient (Wildman–Crippen LogP) is 3.55. The Morgan fingerprint density at radius 1 is 1.07 bits per heavy atom. The van der Waals surface area contributed by atoms with Crippen molar-refractivity contribution in [2.24, 2.45) is 0 Å². The van der Waals surface area contributed by atoms with Gasteiger partial charge in [-0.05, 0) is 53.8 Å². The van der Waals surface area contributed by atoms with Crippen molar-refractivity contribution < 1.29 is 4.79 Å². The lowest BCUT2D eigenvalue weighted by Gasteiger charge is -2.07. The second kappa shape index (κ2) is 7.60. The molecule has 0 radical (unpaired) electrons. The molecule has 1 aromatic heterocycles. The van der Waals surface area contributed by atoms with E-state index in [-0.39, 0.29) is 5.91 Å². The van der Waals surface area contributed by atoms with Gasteiger partial charge in [-0.15, -0.1) is 0 Å². The Bertz CT molecular complexity index is 968. The Kier molecular flexibility index (Phi) is 4.85. The molecule has 1 aliphatic rings. The summed E-state index contributed by atoms with van der Waals surface area (Å²) < 4.78 is 0. The van der Waals surface area contributed by atoms with E-state index in [0.29, 0.717) is 5.69 Å². The molecule has 0 unspecified atom stereocenters. The average molecular weight is 358 g/mol. The molecule has 2 heterocycles. The van der Waals surface area contributed by atoms with Crippen molar-refractivity contribution in [1.29, 1.82) is 0 Å². The minimum atomic E-state index is -0.210. The zero-order valence-electron chi connectivity index (χ0n) is 15.3. The van der Waals surface area contributed by atoms with Crippen LogP contribution in [0.3, 0.4) is 0 Å². The van der Waals surface area contributed by atoms with Gasteiger partial charge >= 0.3 is 0 Å². The lowest BCUT2D eigenvalue weighted by Crippen LogP contribution is -2.12. The SMILES string of the molecule is Cc1cc(C(=O)Nc2ccc(Cc3ccc(C4=CCNC4)cc3)cc2)n[nH]1. The molecule has 1 amide bonds. The van der Waals surface area contributed by atoms with Gasteiger partial charge in [-0.1, -0.05) is 42.5 Å². The Morgan fingerprint density at radius 3 is 2.37 bits per heavy atom. The smallest absolute Gasteiger partial charge is 0.276 e.